The molecule has 1 atom stereocenters. The quantitative estimate of drug-likeness (QED) is 0.853. The zero-order valence-corrected chi connectivity index (χ0v) is 13.0. The van der Waals surface area contributed by atoms with Gasteiger partial charge in [-0.2, -0.15) is 0 Å². The van der Waals surface area contributed by atoms with Gasteiger partial charge in [-0.05, 0) is 24.8 Å². The Morgan fingerprint density at radius 2 is 2.19 bits per heavy atom. The summed E-state index contributed by atoms with van der Waals surface area (Å²) in [6.45, 7) is 8.51. The van der Waals surface area contributed by atoms with Gasteiger partial charge in [0.25, 0.3) is 5.91 Å². The molecule has 1 fully saturated rings. The summed E-state index contributed by atoms with van der Waals surface area (Å²) in [6.07, 6.45) is 4.12. The summed E-state index contributed by atoms with van der Waals surface area (Å²) < 4.78 is 4.87. The molecule has 0 unspecified atom stereocenters. The molecule has 0 saturated carbocycles. The van der Waals surface area contributed by atoms with Crippen molar-refractivity contribution in [1.82, 2.24) is 20.2 Å². The predicted octanol–water partition coefficient (Wildman–Crippen LogP) is 1.19. The van der Waals surface area contributed by atoms with E-state index < -0.39 is 0 Å². The Balaban J connectivity index is 1.76. The van der Waals surface area contributed by atoms with Crippen molar-refractivity contribution in [2.75, 3.05) is 33.3 Å². The lowest BCUT2D eigenvalue weighted by atomic mass is 10.1. The number of nitrogens with zero attached hydrogens (tertiary/aromatic N) is 3. The van der Waals surface area contributed by atoms with Crippen molar-refractivity contribution in [3.8, 4) is 6.01 Å². The molecule has 1 aromatic rings. The lowest BCUT2D eigenvalue weighted by molar-refractivity contribution is 0.0946. The molecule has 0 spiro atoms. The molecule has 0 radical (unpaired) electrons. The first kappa shape index (κ1) is 15.7. The molecular formula is C15H24N4O2. The van der Waals surface area contributed by atoms with E-state index in [-0.39, 0.29) is 11.9 Å². The van der Waals surface area contributed by atoms with E-state index in [1.165, 1.54) is 19.5 Å². The summed E-state index contributed by atoms with van der Waals surface area (Å²) in [7, 11) is 1.50. The van der Waals surface area contributed by atoms with Gasteiger partial charge in [-0.15, -0.1) is 0 Å². The molecule has 1 N–H and O–H groups in total. The summed E-state index contributed by atoms with van der Waals surface area (Å²) in [5.74, 6) is 1.10. The Hall–Kier alpha value is -1.69. The maximum atomic E-state index is 12.0. The van der Waals surface area contributed by atoms with Crippen LogP contribution in [0.2, 0.25) is 0 Å². The molecule has 2 heterocycles. The van der Waals surface area contributed by atoms with Crippen molar-refractivity contribution in [3.63, 3.8) is 0 Å². The van der Waals surface area contributed by atoms with Crippen LogP contribution in [0, 0.1) is 11.8 Å². The van der Waals surface area contributed by atoms with E-state index in [4.69, 9.17) is 4.74 Å². The molecule has 6 nitrogen and oxygen atoms in total. The maximum absolute atomic E-state index is 12.0. The number of methoxy groups -OCH3 is 1. The molecule has 0 bridgehead atoms. The first-order chi connectivity index (χ1) is 10.1. The minimum Gasteiger partial charge on any atom is -0.467 e. The smallest absolute Gasteiger partial charge is 0.316 e. The van der Waals surface area contributed by atoms with Gasteiger partial charge in [0, 0.05) is 32.0 Å². The van der Waals surface area contributed by atoms with Crippen molar-refractivity contribution < 1.29 is 9.53 Å². The summed E-state index contributed by atoms with van der Waals surface area (Å²) in [6, 6.07) is 0.270. The fourth-order valence-electron chi connectivity index (χ4n) is 2.64. The third-order valence-corrected chi connectivity index (χ3v) is 3.62. The Bertz CT molecular complexity index is 461. The van der Waals surface area contributed by atoms with Crippen molar-refractivity contribution in [2.24, 2.45) is 11.8 Å². The van der Waals surface area contributed by atoms with E-state index >= 15 is 0 Å². The van der Waals surface area contributed by atoms with Crippen LogP contribution in [0.5, 0.6) is 6.01 Å². The van der Waals surface area contributed by atoms with Crippen LogP contribution >= 0.6 is 0 Å². The summed E-state index contributed by atoms with van der Waals surface area (Å²) in [5.41, 5.74) is 0.466. The molecular weight excluding hydrogens is 268 g/mol. The van der Waals surface area contributed by atoms with E-state index in [9.17, 15) is 4.79 Å². The Morgan fingerprint density at radius 1 is 1.48 bits per heavy atom. The Morgan fingerprint density at radius 3 is 2.81 bits per heavy atom. The second-order valence-electron chi connectivity index (χ2n) is 5.98. The Labute approximate surface area is 125 Å². The van der Waals surface area contributed by atoms with Crippen molar-refractivity contribution >= 4 is 5.91 Å². The lowest BCUT2D eigenvalue weighted by Crippen LogP contribution is -2.32. The normalized spacial score (nSPS) is 19.0. The number of amides is 1. The van der Waals surface area contributed by atoms with Gasteiger partial charge < -0.3 is 15.0 Å². The van der Waals surface area contributed by atoms with Crippen molar-refractivity contribution in [3.05, 3.63) is 18.0 Å². The minimum absolute atomic E-state index is 0.125. The third-order valence-electron chi connectivity index (χ3n) is 3.62. The van der Waals surface area contributed by atoms with Crippen LogP contribution in [0.3, 0.4) is 0 Å². The van der Waals surface area contributed by atoms with Crippen LogP contribution in [-0.2, 0) is 0 Å². The van der Waals surface area contributed by atoms with E-state index in [0.29, 0.717) is 23.9 Å². The van der Waals surface area contributed by atoms with Gasteiger partial charge in [-0.1, -0.05) is 13.8 Å². The Kier molecular flexibility index (Phi) is 5.50. The monoisotopic (exact) mass is 292 g/mol. The van der Waals surface area contributed by atoms with E-state index in [1.807, 2.05) is 0 Å². The topological polar surface area (TPSA) is 67.3 Å². The van der Waals surface area contributed by atoms with Crippen LogP contribution in [0.1, 0.15) is 30.6 Å². The standard InChI is InChI=1S/C15H24N4O2/c1-11(2)9-19-5-4-12(10-19)6-16-14(20)13-7-17-15(21-3)18-8-13/h7-8,11-12H,4-6,9-10H2,1-3H3,(H,16,20)/t12-/m1/s1. The number of hydrogen-bond acceptors (Lipinski definition) is 5. The third kappa shape index (κ3) is 4.67. The number of hydrogen-bond donors (Lipinski definition) is 1. The molecule has 0 aromatic carbocycles. The highest BCUT2D eigenvalue weighted by Crippen LogP contribution is 2.16. The van der Waals surface area contributed by atoms with Crippen molar-refractivity contribution in [1.29, 1.82) is 0 Å². The summed E-state index contributed by atoms with van der Waals surface area (Å²) >= 11 is 0. The van der Waals surface area contributed by atoms with Crippen LogP contribution in [0.4, 0.5) is 0 Å². The second kappa shape index (κ2) is 7.36. The number of likely N-dealkylation sites (tertiary alicyclic amines) is 1. The summed E-state index contributed by atoms with van der Waals surface area (Å²) in [5, 5.41) is 2.97. The van der Waals surface area contributed by atoms with E-state index in [2.05, 4.69) is 34.0 Å². The predicted molar refractivity (Wildman–Crippen MR) is 80.3 cm³/mol. The molecule has 1 saturated heterocycles. The molecule has 1 aromatic heterocycles. The summed E-state index contributed by atoms with van der Waals surface area (Å²) in [4.78, 5) is 22.4. The van der Waals surface area contributed by atoms with Gasteiger partial charge in [0.15, 0.2) is 0 Å². The highest BCUT2D eigenvalue weighted by Gasteiger charge is 2.23. The fourth-order valence-corrected chi connectivity index (χ4v) is 2.64. The second-order valence-corrected chi connectivity index (χ2v) is 5.98. The van der Waals surface area contributed by atoms with Crippen LogP contribution in [0.25, 0.3) is 0 Å². The minimum atomic E-state index is -0.125. The van der Waals surface area contributed by atoms with Crippen LogP contribution < -0.4 is 10.1 Å². The van der Waals surface area contributed by atoms with Crippen LogP contribution in [0.15, 0.2) is 12.4 Å². The van der Waals surface area contributed by atoms with Crippen LogP contribution in [-0.4, -0.2) is 54.1 Å². The molecule has 6 heteroatoms. The van der Waals surface area contributed by atoms with Gasteiger partial charge in [-0.3, -0.25) is 4.79 Å². The van der Waals surface area contributed by atoms with Gasteiger partial charge in [0.1, 0.15) is 0 Å². The molecule has 116 valence electrons. The number of rotatable bonds is 6. The van der Waals surface area contributed by atoms with Gasteiger partial charge >= 0.3 is 6.01 Å². The van der Waals surface area contributed by atoms with E-state index in [1.54, 1.807) is 0 Å². The first-order valence-electron chi connectivity index (χ1n) is 7.45. The number of ether oxygens (including phenoxy) is 1. The fraction of sp³-hybridized carbons (Fsp3) is 0.667. The van der Waals surface area contributed by atoms with Gasteiger partial charge in [-0.25, -0.2) is 9.97 Å². The highest BCUT2D eigenvalue weighted by atomic mass is 16.5. The molecule has 1 amide bonds. The lowest BCUT2D eigenvalue weighted by Gasteiger charge is -2.18. The molecule has 0 aliphatic carbocycles. The van der Waals surface area contributed by atoms with E-state index in [0.717, 1.165) is 26.1 Å². The SMILES string of the molecule is COc1ncc(C(=O)NC[C@H]2CCN(CC(C)C)C2)cn1. The molecule has 1 aliphatic rings. The van der Waals surface area contributed by atoms with Gasteiger partial charge in [0.2, 0.25) is 0 Å². The zero-order valence-electron chi connectivity index (χ0n) is 13.0. The average molecular weight is 292 g/mol. The number of carbonyl (C=O) groups excluding carboxylic acids is 1. The molecule has 2 rings (SSSR count). The first-order valence-corrected chi connectivity index (χ1v) is 7.45. The maximum Gasteiger partial charge on any atom is 0.316 e. The largest absolute Gasteiger partial charge is 0.467 e. The average Bonchev–Trinajstić information content (AvgIpc) is 2.91. The number of carbonyl (C=O) groups is 1. The zero-order chi connectivity index (χ0) is 15.2. The highest BCUT2D eigenvalue weighted by molar-refractivity contribution is 5.93. The number of nitrogens with one attached hydrogen (secondary N) is 1. The van der Waals surface area contributed by atoms with Gasteiger partial charge in [0.05, 0.1) is 12.7 Å². The molecule has 21 heavy (non-hydrogen) atoms. The molecule has 1 aliphatic heterocycles. The number of aromatic nitrogens is 2. The van der Waals surface area contributed by atoms with Crippen molar-refractivity contribution in [2.45, 2.75) is 20.3 Å².